The van der Waals surface area contributed by atoms with Gasteiger partial charge < -0.3 is 18.9 Å². The molecule has 1 aromatic carbocycles. The number of halogens is 3. The predicted molar refractivity (Wildman–Crippen MR) is 90.8 cm³/mol. The van der Waals surface area contributed by atoms with E-state index < -0.39 is 23.5 Å². The number of benzene rings is 1. The quantitative estimate of drug-likeness (QED) is 0.692. The van der Waals surface area contributed by atoms with Crippen molar-refractivity contribution in [3.8, 4) is 0 Å². The van der Waals surface area contributed by atoms with Gasteiger partial charge in [-0.2, -0.15) is 13.2 Å². The van der Waals surface area contributed by atoms with Crippen LogP contribution in [0, 0.1) is 5.92 Å². The molecule has 1 saturated heterocycles. The first-order chi connectivity index (χ1) is 12.5. The SMILES string of the molecule is CO[C@@](C(=O)OC[C@H](C)[C@H]1CCOC(C)(C)O1)(c1ccccc1)C(F)(F)F. The fourth-order valence-corrected chi connectivity index (χ4v) is 3.08. The summed E-state index contributed by atoms with van der Waals surface area (Å²) in [5, 5.41) is 0. The van der Waals surface area contributed by atoms with Crippen molar-refractivity contribution in [2.45, 2.75) is 50.9 Å². The molecule has 0 unspecified atom stereocenters. The van der Waals surface area contributed by atoms with E-state index in [0.717, 1.165) is 7.11 Å². The molecule has 0 radical (unpaired) electrons. The molecule has 1 fully saturated rings. The Balaban J connectivity index is 2.15. The second-order valence-electron chi connectivity index (χ2n) is 7.02. The van der Waals surface area contributed by atoms with Crippen LogP contribution >= 0.6 is 0 Å². The second-order valence-corrected chi connectivity index (χ2v) is 7.02. The molecule has 1 aliphatic rings. The van der Waals surface area contributed by atoms with Gasteiger partial charge in [0.2, 0.25) is 0 Å². The topological polar surface area (TPSA) is 54.0 Å². The van der Waals surface area contributed by atoms with Gasteiger partial charge in [0.15, 0.2) is 5.79 Å². The van der Waals surface area contributed by atoms with Gasteiger partial charge in [-0.3, -0.25) is 0 Å². The lowest BCUT2D eigenvalue weighted by Gasteiger charge is -2.39. The molecule has 0 spiro atoms. The molecule has 0 aliphatic carbocycles. The maximum Gasteiger partial charge on any atom is 0.432 e. The van der Waals surface area contributed by atoms with Crippen LogP contribution in [0.15, 0.2) is 30.3 Å². The molecule has 0 bridgehead atoms. The lowest BCUT2D eigenvalue weighted by atomic mass is 9.92. The zero-order valence-corrected chi connectivity index (χ0v) is 15.8. The molecule has 1 aromatic rings. The third kappa shape index (κ3) is 4.62. The number of alkyl halides is 3. The van der Waals surface area contributed by atoms with Crippen LogP contribution in [-0.2, 0) is 29.3 Å². The van der Waals surface area contributed by atoms with Gasteiger partial charge in [0, 0.05) is 18.6 Å². The Labute approximate surface area is 156 Å². The Morgan fingerprint density at radius 2 is 1.93 bits per heavy atom. The molecule has 5 nitrogen and oxygen atoms in total. The van der Waals surface area contributed by atoms with Gasteiger partial charge in [0.1, 0.15) is 0 Å². The van der Waals surface area contributed by atoms with Crippen molar-refractivity contribution in [3.63, 3.8) is 0 Å². The summed E-state index contributed by atoms with van der Waals surface area (Å²) >= 11 is 0. The number of hydrogen-bond acceptors (Lipinski definition) is 5. The molecule has 0 saturated carbocycles. The maximum atomic E-state index is 13.8. The summed E-state index contributed by atoms with van der Waals surface area (Å²) in [6, 6.07) is 6.74. The Hall–Kier alpha value is -1.64. The third-order valence-corrected chi connectivity index (χ3v) is 4.57. The first-order valence-corrected chi connectivity index (χ1v) is 8.70. The van der Waals surface area contributed by atoms with E-state index in [4.69, 9.17) is 18.9 Å². The number of ether oxygens (including phenoxy) is 4. The molecule has 8 heteroatoms. The fraction of sp³-hybridized carbons (Fsp3) is 0.632. The molecule has 3 atom stereocenters. The lowest BCUT2D eigenvalue weighted by molar-refractivity contribution is -0.287. The first-order valence-electron chi connectivity index (χ1n) is 8.70. The van der Waals surface area contributed by atoms with Crippen molar-refractivity contribution >= 4 is 5.97 Å². The summed E-state index contributed by atoms with van der Waals surface area (Å²) < 4.78 is 62.5. The van der Waals surface area contributed by atoms with Crippen LogP contribution in [0.3, 0.4) is 0 Å². The van der Waals surface area contributed by atoms with E-state index in [-0.39, 0.29) is 24.2 Å². The predicted octanol–water partition coefficient (Wildman–Crippen LogP) is 3.81. The standard InChI is InChI=1S/C19H25F3O5/c1-13(15-10-11-26-17(2,3)27-15)12-25-16(23)18(24-4,19(20,21)22)14-8-6-5-7-9-14/h5-9,13,15H,10-12H2,1-4H3/t13-,15+,18+/m0/s1. The van der Waals surface area contributed by atoms with Crippen LogP contribution < -0.4 is 0 Å². The summed E-state index contributed by atoms with van der Waals surface area (Å²) in [5.74, 6) is -2.59. The first kappa shape index (κ1) is 21.7. The fourth-order valence-electron chi connectivity index (χ4n) is 3.08. The molecular formula is C19H25F3O5. The van der Waals surface area contributed by atoms with Crippen LogP contribution in [0.25, 0.3) is 0 Å². The highest BCUT2D eigenvalue weighted by molar-refractivity contribution is 5.82. The zero-order valence-electron chi connectivity index (χ0n) is 15.8. The number of rotatable bonds is 6. The van der Waals surface area contributed by atoms with E-state index in [2.05, 4.69) is 0 Å². The Bertz CT molecular complexity index is 632. The summed E-state index contributed by atoms with van der Waals surface area (Å²) in [6.45, 7) is 5.50. The minimum Gasteiger partial charge on any atom is -0.463 e. The van der Waals surface area contributed by atoms with Crippen LogP contribution in [0.4, 0.5) is 13.2 Å². The summed E-state index contributed by atoms with van der Waals surface area (Å²) in [5.41, 5.74) is -3.51. The van der Waals surface area contributed by atoms with E-state index in [1.54, 1.807) is 26.8 Å². The van der Waals surface area contributed by atoms with Crippen LogP contribution in [0.2, 0.25) is 0 Å². The highest BCUT2D eigenvalue weighted by Gasteiger charge is 2.64. The summed E-state index contributed by atoms with van der Waals surface area (Å²) in [6.07, 6.45) is -4.71. The van der Waals surface area contributed by atoms with E-state index in [1.165, 1.54) is 24.3 Å². The summed E-state index contributed by atoms with van der Waals surface area (Å²) in [4.78, 5) is 12.5. The average Bonchev–Trinajstić information content (AvgIpc) is 2.59. The molecular weight excluding hydrogens is 365 g/mol. The number of carbonyl (C=O) groups is 1. The van der Waals surface area contributed by atoms with Crippen molar-refractivity contribution in [3.05, 3.63) is 35.9 Å². The minimum atomic E-state index is -4.99. The minimum absolute atomic E-state index is 0.229. The number of hydrogen-bond donors (Lipinski definition) is 0. The van der Waals surface area contributed by atoms with Gasteiger partial charge in [-0.25, -0.2) is 4.79 Å². The van der Waals surface area contributed by atoms with Crippen LogP contribution in [0.1, 0.15) is 32.8 Å². The van der Waals surface area contributed by atoms with Gasteiger partial charge in [-0.15, -0.1) is 0 Å². The zero-order chi connectivity index (χ0) is 20.3. The number of methoxy groups -OCH3 is 1. The Kier molecular flexibility index (Phi) is 6.55. The van der Waals surface area contributed by atoms with Crippen molar-refractivity contribution in [1.29, 1.82) is 0 Å². The summed E-state index contributed by atoms with van der Waals surface area (Å²) in [7, 11) is 0.843. The molecule has 1 heterocycles. The third-order valence-electron chi connectivity index (χ3n) is 4.57. The molecule has 0 N–H and O–H groups in total. The van der Waals surface area contributed by atoms with Crippen LogP contribution in [0.5, 0.6) is 0 Å². The van der Waals surface area contributed by atoms with Gasteiger partial charge in [-0.05, 0) is 20.3 Å². The van der Waals surface area contributed by atoms with E-state index in [1.807, 2.05) is 0 Å². The number of carbonyl (C=O) groups excluding carboxylic acids is 1. The van der Waals surface area contributed by atoms with Gasteiger partial charge in [0.05, 0.1) is 19.3 Å². The smallest absolute Gasteiger partial charge is 0.432 e. The maximum absolute atomic E-state index is 13.8. The molecule has 0 amide bonds. The largest absolute Gasteiger partial charge is 0.463 e. The highest BCUT2D eigenvalue weighted by atomic mass is 19.4. The Morgan fingerprint density at radius 3 is 2.44 bits per heavy atom. The molecule has 27 heavy (non-hydrogen) atoms. The van der Waals surface area contributed by atoms with Crippen LogP contribution in [-0.4, -0.2) is 44.4 Å². The molecule has 2 rings (SSSR count). The van der Waals surface area contributed by atoms with E-state index in [9.17, 15) is 18.0 Å². The van der Waals surface area contributed by atoms with Crippen molar-refractivity contribution in [1.82, 2.24) is 0 Å². The van der Waals surface area contributed by atoms with Crippen molar-refractivity contribution in [2.75, 3.05) is 20.3 Å². The lowest BCUT2D eigenvalue weighted by Crippen LogP contribution is -2.52. The van der Waals surface area contributed by atoms with E-state index in [0.29, 0.717) is 13.0 Å². The van der Waals surface area contributed by atoms with E-state index >= 15 is 0 Å². The molecule has 0 aromatic heterocycles. The second kappa shape index (κ2) is 8.16. The molecule has 152 valence electrons. The van der Waals surface area contributed by atoms with Crippen molar-refractivity contribution in [2.24, 2.45) is 5.92 Å². The van der Waals surface area contributed by atoms with Gasteiger partial charge in [-0.1, -0.05) is 37.3 Å². The van der Waals surface area contributed by atoms with Gasteiger partial charge >= 0.3 is 12.1 Å². The molecule has 1 aliphatic heterocycles. The van der Waals surface area contributed by atoms with Gasteiger partial charge in [0.25, 0.3) is 5.60 Å². The highest BCUT2D eigenvalue weighted by Crippen LogP contribution is 2.43. The normalized spacial score (nSPS) is 23.3. The Morgan fingerprint density at radius 1 is 1.30 bits per heavy atom. The average molecular weight is 390 g/mol. The number of esters is 1. The van der Waals surface area contributed by atoms with Crippen molar-refractivity contribution < 1.29 is 36.9 Å². The monoisotopic (exact) mass is 390 g/mol.